The highest BCUT2D eigenvalue weighted by atomic mass is 32.1. The number of fused-ring (bicyclic) bond motifs is 3. The van der Waals surface area contributed by atoms with Crippen molar-refractivity contribution in [3.8, 4) is 11.1 Å². The van der Waals surface area contributed by atoms with Crippen molar-refractivity contribution >= 4 is 32.9 Å². The molecule has 0 N–H and O–H groups in total. The number of methoxy groups -OCH3 is 1. The summed E-state index contributed by atoms with van der Waals surface area (Å²) < 4.78 is 7.04. The van der Waals surface area contributed by atoms with Crippen LogP contribution in [0, 0.1) is 0 Å². The first-order valence-electron chi connectivity index (χ1n) is 7.26. The van der Waals surface area contributed by atoms with E-state index in [-0.39, 0.29) is 5.56 Å². The van der Waals surface area contributed by atoms with Gasteiger partial charge in [0.2, 0.25) is 0 Å². The van der Waals surface area contributed by atoms with E-state index >= 15 is 0 Å². The number of ether oxygens (including phenoxy) is 1. The van der Waals surface area contributed by atoms with Crippen molar-refractivity contribution in [2.45, 2.75) is 0 Å². The zero-order chi connectivity index (χ0) is 16.7. The molecule has 0 fully saturated rings. The summed E-state index contributed by atoms with van der Waals surface area (Å²) in [6.07, 6.45) is 1.63. The second-order valence-electron chi connectivity index (χ2n) is 5.24. The maximum atomic E-state index is 12.9. The van der Waals surface area contributed by atoms with E-state index in [4.69, 9.17) is 4.74 Å². The molecule has 1 aromatic carbocycles. The zero-order valence-electron chi connectivity index (χ0n) is 12.7. The van der Waals surface area contributed by atoms with Gasteiger partial charge in [-0.2, -0.15) is 9.61 Å². The molecule has 3 heterocycles. The Morgan fingerprint density at radius 1 is 1.21 bits per heavy atom. The van der Waals surface area contributed by atoms with E-state index in [0.29, 0.717) is 16.6 Å². The van der Waals surface area contributed by atoms with Gasteiger partial charge in [-0.1, -0.05) is 30.3 Å². The fraction of sp³-hybridized carbons (Fsp3) is 0.0556. The third-order valence-corrected chi connectivity index (χ3v) is 4.83. The van der Waals surface area contributed by atoms with Crippen LogP contribution in [0.5, 0.6) is 0 Å². The van der Waals surface area contributed by atoms with Crippen LogP contribution in [0.1, 0.15) is 10.4 Å². The lowest BCUT2D eigenvalue weighted by Crippen LogP contribution is -2.21. The number of carbonyl (C=O) groups excluding carboxylic acids is 1. The molecule has 0 aliphatic carbocycles. The fourth-order valence-electron chi connectivity index (χ4n) is 2.76. The lowest BCUT2D eigenvalue weighted by atomic mass is 10.0. The van der Waals surface area contributed by atoms with Crippen LogP contribution in [0.25, 0.3) is 26.7 Å². The number of esters is 1. The molecule has 3 aromatic heterocycles. The molecule has 0 radical (unpaired) electrons. The maximum absolute atomic E-state index is 12.9. The number of benzene rings is 1. The lowest BCUT2D eigenvalue weighted by molar-refractivity contribution is 0.0602. The van der Waals surface area contributed by atoms with Gasteiger partial charge in [0.1, 0.15) is 5.52 Å². The highest BCUT2D eigenvalue weighted by Gasteiger charge is 2.20. The molecule has 0 saturated carbocycles. The van der Waals surface area contributed by atoms with Crippen molar-refractivity contribution in [1.29, 1.82) is 0 Å². The number of thiophene rings is 1. The molecule has 0 amide bonds. The molecule has 0 saturated heterocycles. The van der Waals surface area contributed by atoms with Crippen LogP contribution < -0.4 is 5.56 Å². The average Bonchev–Trinajstić information content (AvgIpc) is 3.11. The Bertz CT molecular complexity index is 1130. The van der Waals surface area contributed by atoms with E-state index in [1.54, 1.807) is 12.3 Å². The summed E-state index contributed by atoms with van der Waals surface area (Å²) in [7, 11) is 1.33. The molecule has 0 aliphatic heterocycles. The van der Waals surface area contributed by atoms with Crippen molar-refractivity contribution in [3.63, 3.8) is 0 Å². The van der Waals surface area contributed by atoms with Crippen LogP contribution in [0.3, 0.4) is 0 Å². The Kier molecular flexibility index (Phi) is 3.39. The largest absolute Gasteiger partial charge is 0.465 e. The molecule has 5 nitrogen and oxygen atoms in total. The van der Waals surface area contributed by atoms with Crippen LogP contribution in [-0.2, 0) is 4.74 Å². The van der Waals surface area contributed by atoms with Gasteiger partial charge >= 0.3 is 5.97 Å². The van der Waals surface area contributed by atoms with Crippen LogP contribution in [0.2, 0.25) is 0 Å². The monoisotopic (exact) mass is 336 g/mol. The molecule has 0 unspecified atom stereocenters. The van der Waals surface area contributed by atoms with Gasteiger partial charge in [-0.05, 0) is 23.1 Å². The van der Waals surface area contributed by atoms with E-state index in [1.807, 2.05) is 41.8 Å². The Morgan fingerprint density at radius 2 is 2.00 bits per heavy atom. The number of nitrogens with zero attached hydrogens (tertiary/aromatic N) is 2. The SMILES string of the molecule is COC(=O)c1cc(-c2ccccc2)c(=O)n2ncc3ccsc3c12. The quantitative estimate of drug-likeness (QED) is 0.527. The van der Waals surface area contributed by atoms with Gasteiger partial charge in [-0.25, -0.2) is 4.79 Å². The Balaban J connectivity index is 2.19. The summed E-state index contributed by atoms with van der Waals surface area (Å²) in [4.78, 5) is 25.2. The first-order valence-corrected chi connectivity index (χ1v) is 8.14. The minimum atomic E-state index is -0.493. The zero-order valence-corrected chi connectivity index (χ0v) is 13.5. The standard InChI is InChI=1S/C18H12N2O3S/c1-23-18(22)14-9-13(11-5-3-2-4-6-11)17(21)20-15(14)16-12(10-19-20)7-8-24-16/h2-10H,1H3. The van der Waals surface area contributed by atoms with Crippen LogP contribution >= 0.6 is 11.3 Å². The maximum Gasteiger partial charge on any atom is 0.340 e. The smallest absolute Gasteiger partial charge is 0.340 e. The minimum Gasteiger partial charge on any atom is -0.465 e. The molecule has 24 heavy (non-hydrogen) atoms. The molecule has 0 bridgehead atoms. The first-order chi connectivity index (χ1) is 11.7. The van der Waals surface area contributed by atoms with Crippen molar-refractivity contribution in [2.24, 2.45) is 0 Å². The van der Waals surface area contributed by atoms with E-state index in [2.05, 4.69) is 5.10 Å². The topological polar surface area (TPSA) is 60.7 Å². The molecule has 4 rings (SSSR count). The van der Waals surface area contributed by atoms with Gasteiger partial charge in [0.15, 0.2) is 0 Å². The minimum absolute atomic E-state index is 0.265. The van der Waals surface area contributed by atoms with Crippen LogP contribution in [-0.4, -0.2) is 22.7 Å². The molecule has 118 valence electrons. The Morgan fingerprint density at radius 3 is 2.75 bits per heavy atom. The third kappa shape index (κ3) is 2.11. The summed E-state index contributed by atoms with van der Waals surface area (Å²) in [5, 5.41) is 7.04. The molecule has 0 spiro atoms. The number of rotatable bonds is 2. The number of hydrogen-bond donors (Lipinski definition) is 0. The van der Waals surface area contributed by atoms with Crippen molar-refractivity contribution in [2.75, 3.05) is 7.11 Å². The van der Waals surface area contributed by atoms with Gasteiger partial charge in [0, 0.05) is 10.9 Å². The number of aromatic nitrogens is 2. The predicted molar refractivity (Wildman–Crippen MR) is 93.6 cm³/mol. The number of pyridine rings is 1. The third-order valence-electron chi connectivity index (χ3n) is 3.89. The summed E-state index contributed by atoms with van der Waals surface area (Å²) in [5.74, 6) is -0.493. The van der Waals surface area contributed by atoms with Gasteiger partial charge in [0.05, 0.1) is 23.6 Å². The normalized spacial score (nSPS) is 11.0. The van der Waals surface area contributed by atoms with E-state index in [9.17, 15) is 9.59 Å². The molecular formula is C18H12N2O3S. The molecule has 4 aromatic rings. The summed E-state index contributed by atoms with van der Waals surface area (Å²) in [6, 6.07) is 12.7. The van der Waals surface area contributed by atoms with E-state index < -0.39 is 5.97 Å². The van der Waals surface area contributed by atoms with Crippen molar-refractivity contribution in [3.05, 3.63) is 70.0 Å². The molecule has 0 aliphatic rings. The van der Waals surface area contributed by atoms with Crippen molar-refractivity contribution < 1.29 is 9.53 Å². The summed E-state index contributed by atoms with van der Waals surface area (Å²) in [5.41, 5.74) is 1.70. The van der Waals surface area contributed by atoms with E-state index in [1.165, 1.54) is 23.0 Å². The highest BCUT2D eigenvalue weighted by Crippen LogP contribution is 2.28. The summed E-state index contributed by atoms with van der Waals surface area (Å²) >= 11 is 1.46. The highest BCUT2D eigenvalue weighted by molar-refractivity contribution is 7.18. The first kappa shape index (κ1) is 14.6. The van der Waals surface area contributed by atoms with Crippen LogP contribution in [0.4, 0.5) is 0 Å². The van der Waals surface area contributed by atoms with Gasteiger partial charge in [-0.3, -0.25) is 4.79 Å². The molecule has 0 atom stereocenters. The lowest BCUT2D eigenvalue weighted by Gasteiger charge is -2.10. The van der Waals surface area contributed by atoms with Gasteiger partial charge in [-0.15, -0.1) is 11.3 Å². The average molecular weight is 336 g/mol. The second-order valence-corrected chi connectivity index (χ2v) is 6.16. The number of hydrogen-bond acceptors (Lipinski definition) is 5. The van der Waals surface area contributed by atoms with E-state index in [0.717, 1.165) is 15.6 Å². The van der Waals surface area contributed by atoms with Gasteiger partial charge < -0.3 is 4.74 Å². The predicted octanol–water partition coefficient (Wildman–Crippen LogP) is 3.36. The second kappa shape index (κ2) is 5.58. The fourth-order valence-corrected chi connectivity index (χ4v) is 3.67. The molecular weight excluding hydrogens is 324 g/mol. The number of carbonyl (C=O) groups is 1. The Hall–Kier alpha value is -2.99. The van der Waals surface area contributed by atoms with Crippen molar-refractivity contribution in [1.82, 2.24) is 9.61 Å². The van der Waals surface area contributed by atoms with Gasteiger partial charge in [0.25, 0.3) is 5.56 Å². The summed E-state index contributed by atoms with van der Waals surface area (Å²) in [6.45, 7) is 0. The molecule has 6 heteroatoms. The Labute approximate surface area is 140 Å². The van der Waals surface area contributed by atoms with Crippen LogP contribution in [0.15, 0.2) is 58.8 Å².